The van der Waals surface area contributed by atoms with Gasteiger partial charge in [0, 0.05) is 39.9 Å². The largest absolute Gasteiger partial charge is 0.383 e. The van der Waals surface area contributed by atoms with E-state index >= 15 is 0 Å². The monoisotopic (exact) mass is 246 g/mol. The number of hydrogen-bond acceptors (Lipinski definition) is 4. The Labute approximate surface area is 107 Å². The van der Waals surface area contributed by atoms with Crippen LogP contribution in [0.3, 0.4) is 0 Å². The van der Waals surface area contributed by atoms with E-state index in [1.165, 1.54) is 0 Å². The van der Waals surface area contributed by atoms with Crippen molar-refractivity contribution in [3.8, 4) is 0 Å². The zero-order valence-corrected chi connectivity index (χ0v) is 12.4. The minimum Gasteiger partial charge on any atom is -0.383 e. The van der Waals surface area contributed by atoms with Crippen molar-refractivity contribution < 1.29 is 9.47 Å². The molecule has 1 unspecified atom stereocenters. The summed E-state index contributed by atoms with van der Waals surface area (Å²) < 4.78 is 10.5. The number of rotatable bonds is 10. The molecule has 0 bridgehead atoms. The van der Waals surface area contributed by atoms with Crippen LogP contribution in [-0.2, 0) is 9.47 Å². The molecular formula is C13H30N2O2. The Bertz CT molecular complexity index is 186. The second-order valence-electron chi connectivity index (χ2n) is 5.32. The summed E-state index contributed by atoms with van der Waals surface area (Å²) in [6, 6.07) is 0.473. The summed E-state index contributed by atoms with van der Waals surface area (Å²) >= 11 is 0. The fourth-order valence-electron chi connectivity index (χ4n) is 1.75. The Morgan fingerprint density at radius 2 is 1.88 bits per heavy atom. The van der Waals surface area contributed by atoms with Crippen LogP contribution in [0.2, 0.25) is 0 Å². The molecule has 0 rings (SSSR count). The van der Waals surface area contributed by atoms with Crippen LogP contribution in [0.25, 0.3) is 0 Å². The predicted molar refractivity (Wildman–Crippen MR) is 72.5 cm³/mol. The van der Waals surface area contributed by atoms with E-state index in [2.05, 4.69) is 38.0 Å². The molecule has 17 heavy (non-hydrogen) atoms. The molecule has 104 valence electrons. The zero-order valence-electron chi connectivity index (χ0n) is 12.4. The zero-order chi connectivity index (χ0) is 13.3. The molecular weight excluding hydrogens is 216 g/mol. The van der Waals surface area contributed by atoms with Gasteiger partial charge in [-0.25, -0.2) is 0 Å². The highest BCUT2D eigenvalue weighted by Crippen LogP contribution is 2.14. The van der Waals surface area contributed by atoms with Gasteiger partial charge in [0.25, 0.3) is 0 Å². The summed E-state index contributed by atoms with van der Waals surface area (Å²) in [5, 5.41) is 3.52. The predicted octanol–water partition coefficient (Wildman–Crippen LogP) is 1.36. The fraction of sp³-hybridized carbons (Fsp3) is 1.00. The summed E-state index contributed by atoms with van der Waals surface area (Å²) in [4.78, 5) is 2.27. The number of hydrogen-bond donors (Lipinski definition) is 1. The molecule has 1 atom stereocenters. The molecule has 0 fully saturated rings. The molecule has 0 saturated heterocycles. The molecule has 0 spiro atoms. The van der Waals surface area contributed by atoms with Gasteiger partial charge >= 0.3 is 0 Å². The van der Waals surface area contributed by atoms with Crippen molar-refractivity contribution in [3.63, 3.8) is 0 Å². The summed E-state index contributed by atoms with van der Waals surface area (Å²) in [5.41, 5.74) is -0.0473. The van der Waals surface area contributed by atoms with Gasteiger partial charge in [-0.05, 0) is 34.2 Å². The van der Waals surface area contributed by atoms with E-state index in [4.69, 9.17) is 9.47 Å². The van der Waals surface area contributed by atoms with Crippen LogP contribution in [0.1, 0.15) is 27.2 Å². The Kier molecular flexibility index (Phi) is 8.78. The molecule has 0 radical (unpaired) electrons. The lowest BCUT2D eigenvalue weighted by molar-refractivity contribution is 0.00847. The van der Waals surface area contributed by atoms with Crippen molar-refractivity contribution in [2.75, 3.05) is 47.5 Å². The number of methoxy groups -OCH3 is 2. The van der Waals surface area contributed by atoms with E-state index in [1.54, 1.807) is 14.2 Å². The topological polar surface area (TPSA) is 33.7 Å². The number of nitrogens with zero attached hydrogens (tertiary/aromatic N) is 1. The first-order chi connectivity index (χ1) is 7.91. The van der Waals surface area contributed by atoms with Gasteiger partial charge in [-0.15, -0.1) is 0 Å². The van der Waals surface area contributed by atoms with Crippen molar-refractivity contribution in [2.24, 2.45) is 0 Å². The molecule has 0 aromatic carbocycles. The third-order valence-corrected chi connectivity index (χ3v) is 3.01. The van der Waals surface area contributed by atoms with Gasteiger partial charge in [-0.2, -0.15) is 0 Å². The molecule has 1 N–H and O–H groups in total. The molecule has 0 aromatic rings. The molecule has 0 heterocycles. The van der Waals surface area contributed by atoms with E-state index in [1.807, 2.05) is 0 Å². The highest BCUT2D eigenvalue weighted by molar-refractivity contribution is 4.75. The first-order valence-corrected chi connectivity index (χ1v) is 6.37. The van der Waals surface area contributed by atoms with Crippen LogP contribution in [-0.4, -0.2) is 64.1 Å². The lowest BCUT2D eigenvalue weighted by Crippen LogP contribution is -2.39. The second kappa shape index (κ2) is 8.86. The minimum atomic E-state index is -0.0473. The van der Waals surface area contributed by atoms with E-state index in [0.29, 0.717) is 6.04 Å². The van der Waals surface area contributed by atoms with Crippen molar-refractivity contribution >= 4 is 0 Å². The fourth-order valence-corrected chi connectivity index (χ4v) is 1.75. The molecule has 0 aliphatic carbocycles. The highest BCUT2D eigenvalue weighted by atomic mass is 16.5. The Morgan fingerprint density at radius 3 is 2.41 bits per heavy atom. The molecule has 4 nitrogen and oxygen atoms in total. The molecule has 4 heteroatoms. The smallest absolute Gasteiger partial charge is 0.0637 e. The average molecular weight is 246 g/mol. The van der Waals surface area contributed by atoms with Crippen LogP contribution in [0.4, 0.5) is 0 Å². The summed E-state index contributed by atoms with van der Waals surface area (Å²) in [6.45, 7) is 10.3. The lowest BCUT2D eigenvalue weighted by atomic mass is 10.00. The van der Waals surface area contributed by atoms with Crippen molar-refractivity contribution in [1.82, 2.24) is 10.2 Å². The average Bonchev–Trinajstić information content (AvgIpc) is 2.25. The van der Waals surface area contributed by atoms with Crippen LogP contribution in [0.15, 0.2) is 0 Å². The molecule has 0 saturated carbocycles. The Balaban J connectivity index is 3.60. The standard InChI is InChI=1S/C13H30N2O2/c1-12(11-13(2,3)17-6)14-7-8-15(4)9-10-16-5/h12,14H,7-11H2,1-6H3. The first-order valence-electron chi connectivity index (χ1n) is 6.37. The third kappa shape index (κ3) is 9.53. The lowest BCUT2D eigenvalue weighted by Gasteiger charge is -2.27. The quantitative estimate of drug-likeness (QED) is 0.631. The van der Waals surface area contributed by atoms with E-state index < -0.39 is 0 Å². The maximum absolute atomic E-state index is 5.42. The SMILES string of the molecule is COCCN(C)CCNC(C)CC(C)(C)OC. The van der Waals surface area contributed by atoms with Gasteiger partial charge in [0.2, 0.25) is 0 Å². The van der Waals surface area contributed by atoms with Gasteiger partial charge in [0.1, 0.15) is 0 Å². The minimum absolute atomic E-state index is 0.0473. The summed E-state index contributed by atoms with van der Waals surface area (Å²) in [6.07, 6.45) is 1.02. The van der Waals surface area contributed by atoms with Crippen LogP contribution >= 0.6 is 0 Å². The maximum Gasteiger partial charge on any atom is 0.0637 e. The number of ether oxygens (including phenoxy) is 2. The Hall–Kier alpha value is -0.160. The third-order valence-electron chi connectivity index (χ3n) is 3.01. The summed E-state index contributed by atoms with van der Waals surface area (Å²) in [7, 11) is 5.62. The van der Waals surface area contributed by atoms with Crippen molar-refractivity contribution in [2.45, 2.75) is 38.8 Å². The van der Waals surface area contributed by atoms with E-state index in [-0.39, 0.29) is 5.60 Å². The second-order valence-corrected chi connectivity index (χ2v) is 5.32. The molecule has 0 aliphatic rings. The number of nitrogens with one attached hydrogen (secondary N) is 1. The highest BCUT2D eigenvalue weighted by Gasteiger charge is 2.19. The normalized spacial score (nSPS) is 14.3. The molecule has 0 aromatic heterocycles. The first kappa shape index (κ1) is 16.8. The number of likely N-dealkylation sites (N-methyl/N-ethyl adjacent to an activating group) is 1. The van der Waals surface area contributed by atoms with Gasteiger partial charge in [-0.3, -0.25) is 0 Å². The van der Waals surface area contributed by atoms with Crippen molar-refractivity contribution in [1.29, 1.82) is 0 Å². The van der Waals surface area contributed by atoms with Crippen LogP contribution in [0.5, 0.6) is 0 Å². The van der Waals surface area contributed by atoms with Gasteiger partial charge in [-0.1, -0.05) is 0 Å². The van der Waals surface area contributed by atoms with E-state index in [0.717, 1.165) is 32.7 Å². The molecule has 0 amide bonds. The van der Waals surface area contributed by atoms with Crippen LogP contribution < -0.4 is 5.32 Å². The van der Waals surface area contributed by atoms with E-state index in [9.17, 15) is 0 Å². The van der Waals surface area contributed by atoms with Crippen LogP contribution in [0, 0.1) is 0 Å². The molecule has 0 aliphatic heterocycles. The maximum atomic E-state index is 5.42. The summed E-state index contributed by atoms with van der Waals surface area (Å²) in [5.74, 6) is 0. The van der Waals surface area contributed by atoms with Crippen molar-refractivity contribution in [3.05, 3.63) is 0 Å². The van der Waals surface area contributed by atoms with Gasteiger partial charge in [0.05, 0.1) is 12.2 Å². The Morgan fingerprint density at radius 1 is 1.24 bits per heavy atom. The van der Waals surface area contributed by atoms with Gasteiger partial charge in [0.15, 0.2) is 0 Å². The van der Waals surface area contributed by atoms with Gasteiger partial charge < -0.3 is 19.7 Å².